The van der Waals surface area contributed by atoms with Crippen molar-refractivity contribution < 1.29 is 13.2 Å². The van der Waals surface area contributed by atoms with Crippen LogP contribution >= 0.6 is 0 Å². The first kappa shape index (κ1) is 16.4. The highest BCUT2D eigenvalue weighted by molar-refractivity contribution is 7.89. The molecule has 0 saturated carbocycles. The van der Waals surface area contributed by atoms with Crippen LogP contribution in [0.3, 0.4) is 0 Å². The average Bonchev–Trinajstić information content (AvgIpc) is 2.80. The number of aryl methyl sites for hydroxylation is 1. The maximum absolute atomic E-state index is 12.6. The first-order valence-electron chi connectivity index (χ1n) is 7.10. The molecule has 118 valence electrons. The van der Waals surface area contributed by atoms with Crippen LogP contribution in [0.4, 0.5) is 0 Å². The van der Waals surface area contributed by atoms with Crippen LogP contribution in [0, 0.1) is 6.92 Å². The van der Waals surface area contributed by atoms with Crippen molar-refractivity contribution in [3.05, 3.63) is 29.8 Å². The fourth-order valence-electron chi connectivity index (χ4n) is 2.70. The van der Waals surface area contributed by atoms with Gasteiger partial charge in [-0.1, -0.05) is 17.7 Å². The Morgan fingerprint density at radius 3 is 2.48 bits per heavy atom. The van der Waals surface area contributed by atoms with E-state index >= 15 is 0 Å². The lowest BCUT2D eigenvalue weighted by Gasteiger charge is -2.25. The van der Waals surface area contributed by atoms with Gasteiger partial charge in [-0.05, 0) is 32.5 Å². The van der Waals surface area contributed by atoms with Crippen molar-refractivity contribution in [1.29, 1.82) is 0 Å². The molecule has 0 spiro atoms. The minimum absolute atomic E-state index is 0.190. The lowest BCUT2D eigenvalue weighted by molar-refractivity contribution is 0.111. The van der Waals surface area contributed by atoms with Crippen LogP contribution in [0.5, 0.6) is 0 Å². The predicted octanol–water partition coefficient (Wildman–Crippen LogP) is 1.33. The topological polar surface area (TPSA) is 49.9 Å². The van der Waals surface area contributed by atoms with Crippen molar-refractivity contribution >= 4 is 10.0 Å². The van der Waals surface area contributed by atoms with E-state index in [1.165, 1.54) is 4.31 Å². The smallest absolute Gasteiger partial charge is 0.242 e. The second-order valence-corrected chi connectivity index (χ2v) is 7.83. The van der Waals surface area contributed by atoms with Crippen LogP contribution in [0.15, 0.2) is 29.2 Å². The lowest BCUT2D eigenvalue weighted by Crippen LogP contribution is -2.39. The summed E-state index contributed by atoms with van der Waals surface area (Å²) >= 11 is 0. The van der Waals surface area contributed by atoms with E-state index in [2.05, 4.69) is 4.90 Å². The number of ether oxygens (including phenoxy) is 1. The monoisotopic (exact) mass is 312 g/mol. The molecule has 1 heterocycles. The Morgan fingerprint density at radius 2 is 1.95 bits per heavy atom. The summed E-state index contributed by atoms with van der Waals surface area (Å²) in [5.74, 6) is 0. The first-order chi connectivity index (χ1) is 9.84. The molecule has 0 N–H and O–H groups in total. The zero-order valence-electron chi connectivity index (χ0n) is 13.1. The van der Waals surface area contributed by atoms with Crippen molar-refractivity contribution in [2.45, 2.75) is 30.4 Å². The van der Waals surface area contributed by atoms with Crippen LogP contribution < -0.4 is 0 Å². The zero-order valence-corrected chi connectivity index (χ0v) is 13.9. The van der Waals surface area contributed by atoms with Gasteiger partial charge in [0.2, 0.25) is 10.0 Å². The van der Waals surface area contributed by atoms with Gasteiger partial charge in [0.25, 0.3) is 0 Å². The minimum Gasteiger partial charge on any atom is -0.380 e. The lowest BCUT2D eigenvalue weighted by atomic mass is 10.2. The van der Waals surface area contributed by atoms with E-state index in [0.29, 0.717) is 11.4 Å². The number of likely N-dealkylation sites (N-methyl/N-ethyl adjacent to an activating group) is 2. The molecule has 1 aromatic carbocycles. The van der Waals surface area contributed by atoms with Crippen molar-refractivity contribution in [2.75, 3.05) is 34.3 Å². The molecule has 1 aliphatic rings. The number of methoxy groups -OCH3 is 1. The zero-order chi connectivity index (χ0) is 15.6. The van der Waals surface area contributed by atoms with Gasteiger partial charge in [0.1, 0.15) is 0 Å². The third-order valence-corrected chi connectivity index (χ3v) is 6.02. The van der Waals surface area contributed by atoms with Crippen molar-refractivity contribution in [1.82, 2.24) is 9.21 Å². The molecular weight excluding hydrogens is 288 g/mol. The Kier molecular flexibility index (Phi) is 5.03. The third kappa shape index (κ3) is 3.63. The number of hydrogen-bond acceptors (Lipinski definition) is 4. The standard InChI is InChI=1S/C15H24N2O3S/c1-12-5-7-15(8-6-12)21(18,19)17(3)10-13-9-14(20-4)11-16(13)2/h5-8,13-14H,9-11H2,1-4H3/t13-,14-/m0/s1. The number of likely N-dealkylation sites (tertiary alicyclic amines) is 1. The predicted molar refractivity (Wildman–Crippen MR) is 82.8 cm³/mol. The summed E-state index contributed by atoms with van der Waals surface area (Å²) < 4.78 is 31.9. The second kappa shape index (κ2) is 6.44. The molecule has 1 aliphatic heterocycles. The molecule has 2 rings (SSSR count). The molecule has 0 aromatic heterocycles. The highest BCUT2D eigenvalue weighted by Gasteiger charge is 2.32. The summed E-state index contributed by atoms with van der Waals surface area (Å²) in [6.07, 6.45) is 1.05. The van der Waals surface area contributed by atoms with Crippen LogP contribution in [0.2, 0.25) is 0 Å². The van der Waals surface area contributed by atoms with E-state index in [-0.39, 0.29) is 12.1 Å². The van der Waals surface area contributed by atoms with Crippen molar-refractivity contribution in [2.24, 2.45) is 0 Å². The van der Waals surface area contributed by atoms with Crippen molar-refractivity contribution in [3.63, 3.8) is 0 Å². The van der Waals surface area contributed by atoms with Gasteiger partial charge in [-0.3, -0.25) is 4.90 Å². The molecular formula is C15H24N2O3S. The van der Waals surface area contributed by atoms with Gasteiger partial charge in [0.05, 0.1) is 11.0 Å². The number of nitrogens with zero attached hydrogens (tertiary/aromatic N) is 2. The summed E-state index contributed by atoms with van der Waals surface area (Å²) in [5.41, 5.74) is 1.05. The Balaban J connectivity index is 2.09. The quantitative estimate of drug-likeness (QED) is 0.823. The molecule has 0 unspecified atom stereocenters. The molecule has 1 aromatic rings. The summed E-state index contributed by atoms with van der Waals surface area (Å²) in [4.78, 5) is 2.51. The van der Waals surface area contributed by atoms with Crippen LogP contribution in [-0.2, 0) is 14.8 Å². The number of rotatable bonds is 5. The molecule has 1 fully saturated rings. The van der Waals surface area contributed by atoms with Gasteiger partial charge < -0.3 is 4.74 Å². The summed E-state index contributed by atoms with van der Waals surface area (Å²) in [7, 11) is 1.93. The van der Waals surface area contributed by atoms with E-state index in [9.17, 15) is 8.42 Å². The van der Waals surface area contributed by atoms with Gasteiger partial charge in [0.15, 0.2) is 0 Å². The molecule has 0 amide bonds. The first-order valence-corrected chi connectivity index (χ1v) is 8.54. The fraction of sp³-hybridized carbons (Fsp3) is 0.600. The molecule has 5 nitrogen and oxygen atoms in total. The highest BCUT2D eigenvalue weighted by atomic mass is 32.2. The average molecular weight is 312 g/mol. The molecule has 1 saturated heterocycles. The highest BCUT2D eigenvalue weighted by Crippen LogP contribution is 2.21. The number of benzene rings is 1. The Hall–Kier alpha value is -0.950. The summed E-state index contributed by atoms with van der Waals surface area (Å²) in [5, 5.41) is 0. The molecule has 0 radical (unpaired) electrons. The van der Waals surface area contributed by atoms with Crippen molar-refractivity contribution in [3.8, 4) is 0 Å². The number of sulfonamides is 1. The van der Waals surface area contributed by atoms with Crippen LogP contribution in [0.25, 0.3) is 0 Å². The minimum atomic E-state index is -3.42. The van der Waals surface area contributed by atoms with E-state index < -0.39 is 10.0 Å². The van der Waals surface area contributed by atoms with Gasteiger partial charge in [-0.25, -0.2) is 8.42 Å². The summed E-state index contributed by atoms with van der Waals surface area (Å²) in [6, 6.07) is 7.17. The Labute approximate surface area is 127 Å². The van der Waals surface area contributed by atoms with Gasteiger partial charge in [-0.2, -0.15) is 4.31 Å². The van der Waals surface area contributed by atoms with Gasteiger partial charge >= 0.3 is 0 Å². The largest absolute Gasteiger partial charge is 0.380 e. The van der Waals surface area contributed by atoms with Crippen LogP contribution in [0.1, 0.15) is 12.0 Å². The number of hydrogen-bond donors (Lipinski definition) is 0. The van der Waals surface area contributed by atoms with E-state index in [0.717, 1.165) is 18.5 Å². The third-order valence-electron chi connectivity index (χ3n) is 4.18. The fourth-order valence-corrected chi connectivity index (χ4v) is 3.91. The van der Waals surface area contributed by atoms with E-state index in [1.807, 2.05) is 26.1 Å². The molecule has 0 aliphatic carbocycles. The van der Waals surface area contributed by atoms with E-state index in [4.69, 9.17) is 4.74 Å². The molecule has 6 heteroatoms. The summed E-state index contributed by atoms with van der Waals surface area (Å²) in [6.45, 7) is 3.27. The van der Waals surface area contributed by atoms with Gasteiger partial charge in [-0.15, -0.1) is 0 Å². The Bertz CT molecular complexity index is 571. The van der Waals surface area contributed by atoms with Gasteiger partial charge in [0, 0.05) is 33.3 Å². The normalized spacial score (nSPS) is 23.9. The molecule has 2 atom stereocenters. The molecule has 21 heavy (non-hydrogen) atoms. The maximum Gasteiger partial charge on any atom is 0.242 e. The second-order valence-electron chi connectivity index (χ2n) is 5.79. The maximum atomic E-state index is 12.6. The SMILES string of the molecule is CO[C@H]1C[C@@H](CN(C)S(=O)(=O)c2ccc(C)cc2)N(C)C1. The molecule has 0 bridgehead atoms. The van der Waals surface area contributed by atoms with E-state index in [1.54, 1.807) is 26.3 Å². The van der Waals surface area contributed by atoms with Crippen LogP contribution in [-0.4, -0.2) is 64.1 Å². The Morgan fingerprint density at radius 1 is 1.33 bits per heavy atom.